The van der Waals surface area contributed by atoms with Gasteiger partial charge in [-0.3, -0.25) is 0 Å². The Hall–Kier alpha value is -1.59. The summed E-state index contributed by atoms with van der Waals surface area (Å²) in [7, 11) is 0. The summed E-state index contributed by atoms with van der Waals surface area (Å²) in [4.78, 5) is 4.32. The summed E-state index contributed by atoms with van der Waals surface area (Å²) in [6, 6.07) is 5.22. The van der Waals surface area contributed by atoms with Crippen molar-refractivity contribution in [1.29, 1.82) is 0 Å². The third-order valence-electron chi connectivity index (χ3n) is 2.43. The number of benzene rings is 1. The zero-order valence-electron chi connectivity index (χ0n) is 11.2. The Morgan fingerprint density at radius 3 is 2.70 bits per heavy atom. The van der Waals surface area contributed by atoms with E-state index in [0.717, 1.165) is 12.2 Å². The van der Waals surface area contributed by atoms with Crippen molar-refractivity contribution in [3.8, 4) is 0 Å². The van der Waals surface area contributed by atoms with Gasteiger partial charge in [-0.1, -0.05) is 37.0 Å². The molecule has 0 saturated carbocycles. The lowest BCUT2D eigenvalue weighted by Gasteiger charge is -2.09. The van der Waals surface area contributed by atoms with Crippen LogP contribution in [0.4, 0.5) is 17.5 Å². The van der Waals surface area contributed by atoms with E-state index in [4.69, 9.17) is 23.2 Å². The summed E-state index contributed by atoms with van der Waals surface area (Å²) < 4.78 is 0. The van der Waals surface area contributed by atoms with Gasteiger partial charge in [0, 0.05) is 12.2 Å². The van der Waals surface area contributed by atoms with Crippen molar-refractivity contribution in [3.63, 3.8) is 0 Å². The largest absolute Gasteiger partial charge is 0.368 e. The molecule has 2 rings (SSSR count). The van der Waals surface area contributed by atoms with Crippen molar-refractivity contribution in [2.24, 2.45) is 5.92 Å². The molecular weight excluding hydrogens is 297 g/mol. The molecule has 1 aromatic heterocycles. The van der Waals surface area contributed by atoms with Crippen LogP contribution in [0.15, 0.2) is 24.4 Å². The lowest BCUT2D eigenvalue weighted by Crippen LogP contribution is -2.10. The molecule has 0 bridgehead atoms. The number of aromatic nitrogens is 3. The van der Waals surface area contributed by atoms with E-state index in [-0.39, 0.29) is 0 Å². The topological polar surface area (TPSA) is 62.7 Å². The molecular formula is C13H15Cl2N5. The molecule has 0 amide bonds. The average molecular weight is 312 g/mol. The van der Waals surface area contributed by atoms with Gasteiger partial charge in [-0.15, -0.1) is 5.10 Å². The molecule has 0 fully saturated rings. The highest BCUT2D eigenvalue weighted by Gasteiger charge is 2.04. The van der Waals surface area contributed by atoms with E-state index in [9.17, 15) is 0 Å². The Morgan fingerprint density at radius 2 is 2.00 bits per heavy atom. The zero-order chi connectivity index (χ0) is 14.5. The maximum absolute atomic E-state index is 5.96. The highest BCUT2D eigenvalue weighted by molar-refractivity contribution is 6.42. The second kappa shape index (κ2) is 6.72. The molecule has 2 N–H and O–H groups in total. The quantitative estimate of drug-likeness (QED) is 0.874. The van der Waals surface area contributed by atoms with E-state index in [1.807, 2.05) is 0 Å². The molecule has 106 valence electrons. The summed E-state index contributed by atoms with van der Waals surface area (Å²) >= 11 is 11.8. The van der Waals surface area contributed by atoms with Crippen molar-refractivity contribution in [2.45, 2.75) is 13.8 Å². The van der Waals surface area contributed by atoms with Crippen molar-refractivity contribution in [2.75, 3.05) is 17.2 Å². The maximum atomic E-state index is 5.96. The first-order chi connectivity index (χ1) is 9.54. The third-order valence-corrected chi connectivity index (χ3v) is 3.17. The Kier molecular flexibility index (Phi) is 4.98. The fourth-order valence-electron chi connectivity index (χ4n) is 1.45. The highest BCUT2D eigenvalue weighted by atomic mass is 35.5. The molecule has 5 nitrogen and oxygen atoms in total. The molecule has 0 unspecified atom stereocenters. The van der Waals surface area contributed by atoms with Gasteiger partial charge in [-0.25, -0.2) is 0 Å². The predicted molar refractivity (Wildman–Crippen MR) is 82.9 cm³/mol. The highest BCUT2D eigenvalue weighted by Crippen LogP contribution is 2.26. The van der Waals surface area contributed by atoms with Crippen LogP contribution in [0.5, 0.6) is 0 Å². The molecule has 0 spiro atoms. The van der Waals surface area contributed by atoms with Gasteiger partial charge >= 0.3 is 0 Å². The third kappa shape index (κ3) is 4.21. The zero-order valence-corrected chi connectivity index (χ0v) is 12.7. The lowest BCUT2D eigenvalue weighted by atomic mass is 10.2. The Morgan fingerprint density at radius 1 is 1.20 bits per heavy atom. The van der Waals surface area contributed by atoms with E-state index >= 15 is 0 Å². The summed E-state index contributed by atoms with van der Waals surface area (Å²) in [6.45, 7) is 5.07. The Bertz CT molecular complexity index is 589. The van der Waals surface area contributed by atoms with E-state index in [1.165, 1.54) is 0 Å². The summed E-state index contributed by atoms with van der Waals surface area (Å²) in [6.07, 6.45) is 1.59. The molecule has 0 atom stereocenters. The van der Waals surface area contributed by atoms with Gasteiger partial charge < -0.3 is 10.6 Å². The standard InChI is InChI=1S/C13H15Cl2N5/c1-8(2)6-16-12-7-17-20-13(19-12)18-9-3-4-10(14)11(15)5-9/h3-5,7-8H,6H2,1-2H3,(H2,16,18,19,20). The first kappa shape index (κ1) is 14.8. The van der Waals surface area contributed by atoms with Crippen molar-refractivity contribution in [1.82, 2.24) is 15.2 Å². The number of nitrogens with one attached hydrogen (secondary N) is 2. The monoisotopic (exact) mass is 311 g/mol. The van der Waals surface area contributed by atoms with Gasteiger partial charge in [-0.05, 0) is 24.1 Å². The van der Waals surface area contributed by atoms with Gasteiger partial charge in [0.2, 0.25) is 5.95 Å². The Labute approximate surface area is 127 Å². The first-order valence-corrected chi connectivity index (χ1v) is 6.96. The second-order valence-electron chi connectivity index (χ2n) is 4.69. The number of hydrogen-bond donors (Lipinski definition) is 2. The van der Waals surface area contributed by atoms with E-state index in [1.54, 1.807) is 24.4 Å². The van der Waals surface area contributed by atoms with Gasteiger partial charge in [-0.2, -0.15) is 10.1 Å². The molecule has 1 aromatic carbocycles. The van der Waals surface area contributed by atoms with Crippen LogP contribution < -0.4 is 10.6 Å². The fourth-order valence-corrected chi connectivity index (χ4v) is 1.75. The number of hydrogen-bond acceptors (Lipinski definition) is 5. The van der Waals surface area contributed by atoms with Crippen molar-refractivity contribution in [3.05, 3.63) is 34.4 Å². The molecule has 0 radical (unpaired) electrons. The van der Waals surface area contributed by atoms with E-state index < -0.39 is 0 Å². The Balaban J connectivity index is 2.08. The summed E-state index contributed by atoms with van der Waals surface area (Å²) in [5.41, 5.74) is 0.752. The maximum Gasteiger partial charge on any atom is 0.249 e. The number of anilines is 3. The van der Waals surface area contributed by atoms with Gasteiger partial charge in [0.1, 0.15) is 0 Å². The van der Waals surface area contributed by atoms with Crippen LogP contribution in [0.1, 0.15) is 13.8 Å². The van der Waals surface area contributed by atoms with Crippen LogP contribution in [0.2, 0.25) is 10.0 Å². The lowest BCUT2D eigenvalue weighted by molar-refractivity contribution is 0.686. The smallest absolute Gasteiger partial charge is 0.249 e. The van der Waals surface area contributed by atoms with Crippen LogP contribution in [0.25, 0.3) is 0 Å². The van der Waals surface area contributed by atoms with Gasteiger partial charge in [0.25, 0.3) is 0 Å². The number of nitrogens with zero attached hydrogens (tertiary/aromatic N) is 3. The number of rotatable bonds is 5. The normalized spacial score (nSPS) is 10.7. The fraction of sp³-hybridized carbons (Fsp3) is 0.308. The first-order valence-electron chi connectivity index (χ1n) is 6.20. The molecule has 0 aliphatic heterocycles. The SMILES string of the molecule is CC(C)CNc1cnnc(Nc2ccc(Cl)c(Cl)c2)n1. The van der Waals surface area contributed by atoms with Crippen molar-refractivity contribution < 1.29 is 0 Å². The molecule has 0 aliphatic rings. The van der Waals surface area contributed by atoms with Crippen molar-refractivity contribution >= 4 is 40.7 Å². The van der Waals surface area contributed by atoms with Crippen LogP contribution in [0, 0.1) is 5.92 Å². The van der Waals surface area contributed by atoms with Gasteiger partial charge in [0.15, 0.2) is 5.82 Å². The predicted octanol–water partition coefficient (Wildman–Crippen LogP) is 3.99. The summed E-state index contributed by atoms with van der Waals surface area (Å²) in [5, 5.41) is 15.0. The number of halogens is 2. The molecule has 0 aliphatic carbocycles. The van der Waals surface area contributed by atoms with E-state index in [0.29, 0.717) is 27.7 Å². The minimum atomic E-state index is 0.400. The second-order valence-corrected chi connectivity index (χ2v) is 5.51. The molecule has 2 aromatic rings. The summed E-state index contributed by atoms with van der Waals surface area (Å²) in [5.74, 6) is 1.60. The minimum Gasteiger partial charge on any atom is -0.368 e. The van der Waals surface area contributed by atoms with Crippen LogP contribution in [-0.4, -0.2) is 21.7 Å². The van der Waals surface area contributed by atoms with Crippen LogP contribution in [-0.2, 0) is 0 Å². The van der Waals surface area contributed by atoms with Gasteiger partial charge in [0.05, 0.1) is 16.2 Å². The minimum absolute atomic E-state index is 0.400. The van der Waals surface area contributed by atoms with Crippen LogP contribution >= 0.6 is 23.2 Å². The average Bonchev–Trinajstić information content (AvgIpc) is 2.41. The molecule has 0 saturated heterocycles. The molecule has 20 heavy (non-hydrogen) atoms. The van der Waals surface area contributed by atoms with E-state index in [2.05, 4.69) is 39.7 Å². The molecule has 7 heteroatoms. The van der Waals surface area contributed by atoms with Crippen LogP contribution in [0.3, 0.4) is 0 Å². The molecule has 1 heterocycles.